The van der Waals surface area contributed by atoms with Gasteiger partial charge in [0.05, 0.1) is 26.4 Å². The van der Waals surface area contributed by atoms with Gasteiger partial charge in [0, 0.05) is 32.0 Å². The number of likely N-dealkylation sites (N-methyl/N-ethyl adjacent to an activating group) is 1. The van der Waals surface area contributed by atoms with Crippen LogP contribution in [-0.4, -0.2) is 80.3 Å². The Balaban J connectivity index is 0.000000758. The first kappa shape index (κ1) is 20.2. The summed E-state index contributed by atoms with van der Waals surface area (Å²) in [6.45, 7) is 3.88. The Morgan fingerprint density at radius 1 is 1.27 bits per heavy atom. The van der Waals surface area contributed by atoms with E-state index < -0.39 is 0 Å². The summed E-state index contributed by atoms with van der Waals surface area (Å²) < 4.78 is 10.9. The molecule has 0 spiro atoms. The quantitative estimate of drug-likeness (QED) is 0.807. The number of rotatable bonds is 4. The molecule has 2 heterocycles. The molecular formula is C19H28N2O5. The molecule has 2 saturated heterocycles. The van der Waals surface area contributed by atoms with Crippen molar-refractivity contribution < 1.29 is 24.2 Å². The maximum Gasteiger partial charge on any atom is 0.290 e. The molecule has 2 bridgehead atoms. The number of amides is 1. The van der Waals surface area contributed by atoms with E-state index in [0.29, 0.717) is 18.4 Å². The summed E-state index contributed by atoms with van der Waals surface area (Å²) >= 11 is 0. The molecule has 1 aromatic rings. The average molecular weight is 364 g/mol. The maximum atomic E-state index is 12.6. The van der Waals surface area contributed by atoms with Crippen LogP contribution in [0, 0.1) is 5.92 Å². The second-order valence-electron chi connectivity index (χ2n) is 6.75. The van der Waals surface area contributed by atoms with Gasteiger partial charge in [-0.15, -0.1) is 0 Å². The first-order valence-electron chi connectivity index (χ1n) is 8.84. The van der Waals surface area contributed by atoms with Crippen LogP contribution in [-0.2, 0) is 20.7 Å². The van der Waals surface area contributed by atoms with Gasteiger partial charge >= 0.3 is 0 Å². The molecule has 2 fully saturated rings. The summed E-state index contributed by atoms with van der Waals surface area (Å²) in [7, 11) is 3.80. The lowest BCUT2D eigenvalue weighted by molar-refractivity contribution is -0.133. The number of carbonyl (C=O) groups excluding carboxylic acids is 1. The molecule has 0 saturated carbocycles. The lowest BCUT2D eigenvalue weighted by Gasteiger charge is -2.29. The van der Waals surface area contributed by atoms with Gasteiger partial charge in [0.15, 0.2) is 0 Å². The summed E-state index contributed by atoms with van der Waals surface area (Å²) in [4.78, 5) is 25.4. The van der Waals surface area contributed by atoms with Gasteiger partial charge in [-0.25, -0.2) is 0 Å². The van der Waals surface area contributed by atoms with E-state index in [2.05, 4.69) is 11.9 Å². The van der Waals surface area contributed by atoms with E-state index in [1.54, 1.807) is 7.11 Å². The van der Waals surface area contributed by atoms with Crippen LogP contribution in [0.4, 0.5) is 0 Å². The smallest absolute Gasteiger partial charge is 0.290 e. The largest absolute Gasteiger partial charge is 0.497 e. The lowest BCUT2D eigenvalue weighted by Crippen LogP contribution is -2.44. The Morgan fingerprint density at radius 3 is 2.62 bits per heavy atom. The molecule has 0 aromatic heterocycles. The fraction of sp³-hybridized carbons (Fsp3) is 0.579. The number of ether oxygens (including phenoxy) is 2. The van der Waals surface area contributed by atoms with E-state index in [1.807, 2.05) is 29.2 Å². The topological polar surface area (TPSA) is 79.3 Å². The van der Waals surface area contributed by atoms with Crippen LogP contribution in [0.25, 0.3) is 0 Å². The Bertz CT molecular complexity index is 578. The fourth-order valence-corrected chi connectivity index (χ4v) is 3.46. The zero-order chi connectivity index (χ0) is 18.9. The van der Waals surface area contributed by atoms with Gasteiger partial charge in [-0.3, -0.25) is 14.5 Å². The summed E-state index contributed by atoms with van der Waals surface area (Å²) in [6.07, 6.45) is 1.34. The van der Waals surface area contributed by atoms with Gasteiger partial charge in [0.2, 0.25) is 5.91 Å². The number of hydrogen-bond donors (Lipinski definition) is 1. The maximum absolute atomic E-state index is 12.6. The highest BCUT2D eigenvalue weighted by Gasteiger charge is 2.32. The molecule has 0 radical (unpaired) electrons. The second kappa shape index (κ2) is 10.1. The molecule has 0 aliphatic carbocycles. The Kier molecular flexibility index (Phi) is 7.87. The van der Waals surface area contributed by atoms with Crippen LogP contribution in [0.2, 0.25) is 0 Å². The van der Waals surface area contributed by atoms with Crippen molar-refractivity contribution in [2.75, 3.05) is 47.0 Å². The number of nitrogens with zero attached hydrogens (tertiary/aromatic N) is 2. The highest BCUT2D eigenvalue weighted by molar-refractivity contribution is 5.76. The number of aryl methyl sites for hydroxylation is 1. The molecule has 7 nitrogen and oxygen atoms in total. The van der Waals surface area contributed by atoms with Crippen LogP contribution in [0.3, 0.4) is 0 Å². The van der Waals surface area contributed by atoms with Crippen LogP contribution in [0.5, 0.6) is 5.75 Å². The molecule has 1 N–H and O–H groups in total. The molecule has 2 aliphatic rings. The number of benzene rings is 1. The third-order valence-electron chi connectivity index (χ3n) is 4.88. The first-order valence-corrected chi connectivity index (χ1v) is 8.84. The van der Waals surface area contributed by atoms with E-state index in [-0.39, 0.29) is 12.4 Å². The Morgan fingerprint density at radius 2 is 1.96 bits per heavy atom. The summed E-state index contributed by atoms with van der Waals surface area (Å²) in [5, 5.41) is 6.89. The zero-order valence-electron chi connectivity index (χ0n) is 15.5. The van der Waals surface area contributed by atoms with Crippen LogP contribution in [0.15, 0.2) is 24.3 Å². The Hall–Kier alpha value is -2.12. The Labute approximate surface area is 154 Å². The van der Waals surface area contributed by atoms with Crippen molar-refractivity contribution in [3.8, 4) is 5.75 Å². The fourth-order valence-electron chi connectivity index (χ4n) is 3.46. The van der Waals surface area contributed by atoms with Crippen molar-refractivity contribution in [2.45, 2.75) is 18.9 Å². The van der Waals surface area contributed by atoms with Crippen molar-refractivity contribution in [1.82, 2.24) is 9.80 Å². The molecule has 2 aliphatic heterocycles. The monoisotopic (exact) mass is 364 g/mol. The third kappa shape index (κ3) is 5.71. The van der Waals surface area contributed by atoms with Crippen LogP contribution < -0.4 is 4.74 Å². The molecule has 26 heavy (non-hydrogen) atoms. The first-order chi connectivity index (χ1) is 12.6. The number of hydrogen-bond acceptors (Lipinski definition) is 5. The summed E-state index contributed by atoms with van der Waals surface area (Å²) in [5.41, 5.74) is 1.18. The normalized spacial score (nSPS) is 22.6. The minimum absolute atomic E-state index is 0.250. The van der Waals surface area contributed by atoms with E-state index in [1.165, 1.54) is 5.56 Å². The standard InChI is InChI=1S/C18H26N2O3.CH2O2/c1-19-9-15-10-20(11-16(19)13-23-12-15)18(21)8-5-14-3-6-17(22-2)7-4-14;2-1-3/h3-4,6-7,15-16H,5,8-13H2,1-2H3;1H,(H,2,3)/t15-,16+;/m1./s1. The van der Waals surface area contributed by atoms with Gasteiger partial charge in [0.25, 0.3) is 6.47 Å². The lowest BCUT2D eigenvalue weighted by atomic mass is 10.1. The molecule has 1 aromatic carbocycles. The highest BCUT2D eigenvalue weighted by Crippen LogP contribution is 2.19. The number of methoxy groups -OCH3 is 1. The van der Waals surface area contributed by atoms with Gasteiger partial charge in [-0.2, -0.15) is 0 Å². The van der Waals surface area contributed by atoms with Crippen molar-refractivity contribution >= 4 is 12.4 Å². The van der Waals surface area contributed by atoms with Crippen molar-refractivity contribution in [3.05, 3.63) is 29.8 Å². The minimum Gasteiger partial charge on any atom is -0.497 e. The number of fused-ring (bicyclic) bond motifs is 3. The van der Waals surface area contributed by atoms with Gasteiger partial charge in [-0.05, 0) is 31.2 Å². The molecule has 7 heteroatoms. The minimum atomic E-state index is -0.250. The number of carbonyl (C=O) groups is 2. The zero-order valence-corrected chi connectivity index (χ0v) is 15.5. The van der Waals surface area contributed by atoms with Crippen LogP contribution in [0.1, 0.15) is 12.0 Å². The average Bonchev–Trinajstić information content (AvgIpc) is 2.89. The van der Waals surface area contributed by atoms with Gasteiger partial charge in [0.1, 0.15) is 5.75 Å². The van der Waals surface area contributed by atoms with E-state index in [9.17, 15) is 4.79 Å². The predicted octanol–water partition coefficient (Wildman–Crippen LogP) is 1.12. The molecular weight excluding hydrogens is 336 g/mol. The second-order valence-corrected chi connectivity index (χ2v) is 6.75. The van der Waals surface area contributed by atoms with E-state index >= 15 is 0 Å². The number of carboxylic acid groups (broad SMARTS) is 1. The van der Waals surface area contributed by atoms with Crippen molar-refractivity contribution in [3.63, 3.8) is 0 Å². The third-order valence-corrected chi connectivity index (χ3v) is 4.88. The molecule has 144 valence electrons. The van der Waals surface area contributed by atoms with Gasteiger partial charge < -0.3 is 19.5 Å². The molecule has 0 unspecified atom stereocenters. The molecule has 3 rings (SSSR count). The molecule has 1 amide bonds. The van der Waals surface area contributed by atoms with Crippen molar-refractivity contribution in [2.24, 2.45) is 5.92 Å². The SMILES string of the molecule is COc1ccc(CCC(=O)N2C[C@@H]3COC[C@H](C2)N(C)C3)cc1.O=CO. The summed E-state index contributed by atoms with van der Waals surface area (Å²) in [6, 6.07) is 8.29. The highest BCUT2D eigenvalue weighted by atomic mass is 16.5. The molecule has 2 atom stereocenters. The van der Waals surface area contributed by atoms with E-state index in [0.717, 1.165) is 45.0 Å². The van der Waals surface area contributed by atoms with E-state index in [4.69, 9.17) is 19.4 Å². The van der Waals surface area contributed by atoms with Gasteiger partial charge in [-0.1, -0.05) is 12.1 Å². The van der Waals surface area contributed by atoms with Crippen molar-refractivity contribution in [1.29, 1.82) is 0 Å². The summed E-state index contributed by atoms with van der Waals surface area (Å²) in [5.74, 6) is 1.54. The predicted molar refractivity (Wildman–Crippen MR) is 97.3 cm³/mol. The van der Waals surface area contributed by atoms with Crippen LogP contribution >= 0.6 is 0 Å².